The van der Waals surface area contributed by atoms with Crippen LogP contribution in [0, 0.1) is 23.2 Å². The number of aldehydes is 1. The molecule has 0 spiro atoms. The van der Waals surface area contributed by atoms with Crippen molar-refractivity contribution in [3.05, 3.63) is 23.7 Å². The Kier molecular flexibility index (Phi) is 2.09. The number of hydrogen-bond acceptors (Lipinski definition) is 3. The van der Waals surface area contributed by atoms with E-state index in [1.54, 1.807) is 6.07 Å². The highest BCUT2D eigenvalue weighted by Gasteiger charge is 1.95. The summed E-state index contributed by atoms with van der Waals surface area (Å²) in [4.78, 5) is 10.1. The molecule has 0 aliphatic heterocycles. The highest BCUT2D eigenvalue weighted by molar-refractivity contribution is 5.70. The fraction of sp³-hybridized carbons (Fsp3) is 0. The first kappa shape index (κ1) is 7.11. The Bertz CT molecular complexity index is 359. The maximum Gasteiger partial charge on any atom is 0.185 e. The third-order valence-electron chi connectivity index (χ3n) is 0.985. The minimum absolute atomic E-state index is 0.215. The molecular formula is C8H3NO2. The minimum atomic E-state index is 0.215. The molecule has 0 amide bonds. The van der Waals surface area contributed by atoms with E-state index in [1.165, 1.54) is 12.1 Å². The van der Waals surface area contributed by atoms with Gasteiger partial charge < -0.3 is 4.42 Å². The van der Waals surface area contributed by atoms with E-state index in [2.05, 4.69) is 11.8 Å². The second-order valence-corrected chi connectivity index (χ2v) is 1.68. The normalized spacial score (nSPS) is 7.55. The molecule has 0 radical (unpaired) electrons. The van der Waals surface area contributed by atoms with Crippen molar-refractivity contribution < 1.29 is 9.21 Å². The molecule has 3 nitrogen and oxygen atoms in total. The Morgan fingerprint density at radius 2 is 2.36 bits per heavy atom. The van der Waals surface area contributed by atoms with E-state index in [-0.39, 0.29) is 5.76 Å². The number of rotatable bonds is 1. The Labute approximate surface area is 63.2 Å². The Morgan fingerprint density at radius 3 is 2.91 bits per heavy atom. The van der Waals surface area contributed by atoms with Crippen LogP contribution in [-0.4, -0.2) is 6.29 Å². The van der Waals surface area contributed by atoms with E-state index in [9.17, 15) is 4.79 Å². The molecule has 1 aromatic rings. The van der Waals surface area contributed by atoms with E-state index in [1.807, 2.05) is 0 Å². The first-order chi connectivity index (χ1) is 5.36. The summed E-state index contributed by atoms with van der Waals surface area (Å²) in [6, 6.07) is 4.66. The van der Waals surface area contributed by atoms with Crippen molar-refractivity contribution in [3.63, 3.8) is 0 Å². The molecule has 0 aliphatic carbocycles. The summed E-state index contributed by atoms with van der Waals surface area (Å²) in [5, 5.41) is 8.06. The van der Waals surface area contributed by atoms with Crippen LogP contribution < -0.4 is 0 Å². The number of furan rings is 1. The van der Waals surface area contributed by atoms with Crippen LogP contribution in [0.3, 0.4) is 0 Å². The van der Waals surface area contributed by atoms with Crippen LogP contribution in [0.15, 0.2) is 16.5 Å². The van der Waals surface area contributed by atoms with Gasteiger partial charge in [0.25, 0.3) is 0 Å². The predicted molar refractivity (Wildman–Crippen MR) is 36.6 cm³/mol. The lowest BCUT2D eigenvalue weighted by molar-refractivity contribution is 0.110. The summed E-state index contributed by atoms with van der Waals surface area (Å²) >= 11 is 0. The van der Waals surface area contributed by atoms with Gasteiger partial charge in [-0.05, 0) is 18.1 Å². The van der Waals surface area contributed by atoms with Gasteiger partial charge >= 0.3 is 0 Å². The Balaban J connectivity index is 2.91. The summed E-state index contributed by atoms with van der Waals surface area (Å²) in [6.07, 6.45) is 0.581. The van der Waals surface area contributed by atoms with Crippen molar-refractivity contribution in [1.82, 2.24) is 0 Å². The average molecular weight is 145 g/mol. The minimum Gasteiger partial charge on any atom is -0.445 e. The molecule has 0 aromatic carbocycles. The van der Waals surface area contributed by atoms with Crippen molar-refractivity contribution in [2.75, 3.05) is 0 Å². The summed E-state index contributed by atoms with van der Waals surface area (Å²) in [5.41, 5.74) is 0. The zero-order valence-corrected chi connectivity index (χ0v) is 5.50. The standard InChI is InChI=1S/C8H3NO2/c9-5-1-2-7-3-4-8(6-10)11-7/h3-4,6H. The lowest BCUT2D eigenvalue weighted by Crippen LogP contribution is -1.68. The van der Waals surface area contributed by atoms with Crippen LogP contribution in [0.2, 0.25) is 0 Å². The molecule has 1 rings (SSSR count). The molecule has 0 fully saturated rings. The zero-order chi connectivity index (χ0) is 8.10. The van der Waals surface area contributed by atoms with Gasteiger partial charge in [0.2, 0.25) is 0 Å². The number of hydrogen-bond donors (Lipinski definition) is 0. The van der Waals surface area contributed by atoms with E-state index < -0.39 is 0 Å². The zero-order valence-electron chi connectivity index (χ0n) is 5.50. The highest BCUT2D eigenvalue weighted by Crippen LogP contribution is 2.02. The molecule has 0 atom stereocenters. The van der Waals surface area contributed by atoms with Crippen LogP contribution in [0.1, 0.15) is 16.3 Å². The number of carbonyl (C=O) groups excluding carboxylic acids is 1. The van der Waals surface area contributed by atoms with Crippen LogP contribution >= 0.6 is 0 Å². The molecule has 3 heteroatoms. The largest absolute Gasteiger partial charge is 0.445 e. The van der Waals surface area contributed by atoms with Crippen LogP contribution in [0.5, 0.6) is 0 Å². The SMILES string of the molecule is N#CC#Cc1ccc(C=O)o1. The molecule has 11 heavy (non-hydrogen) atoms. The Morgan fingerprint density at radius 1 is 1.55 bits per heavy atom. The van der Waals surface area contributed by atoms with Crippen molar-refractivity contribution in [2.45, 2.75) is 0 Å². The molecular weight excluding hydrogens is 142 g/mol. The van der Waals surface area contributed by atoms with Gasteiger partial charge in [-0.25, -0.2) is 0 Å². The maximum absolute atomic E-state index is 10.1. The molecule has 52 valence electrons. The smallest absolute Gasteiger partial charge is 0.185 e. The van der Waals surface area contributed by atoms with Crippen molar-refractivity contribution in [2.24, 2.45) is 0 Å². The predicted octanol–water partition coefficient (Wildman–Crippen LogP) is 0.967. The van der Waals surface area contributed by atoms with Gasteiger partial charge in [0.05, 0.1) is 0 Å². The van der Waals surface area contributed by atoms with Crippen LogP contribution in [-0.2, 0) is 0 Å². The monoisotopic (exact) mass is 145 g/mol. The molecule has 0 saturated heterocycles. The van der Waals surface area contributed by atoms with Crippen molar-refractivity contribution >= 4 is 6.29 Å². The van der Waals surface area contributed by atoms with E-state index in [0.29, 0.717) is 12.0 Å². The number of carbonyl (C=O) groups is 1. The third kappa shape index (κ3) is 1.70. The first-order valence-electron chi connectivity index (χ1n) is 2.82. The summed E-state index contributed by atoms with van der Waals surface area (Å²) in [6.45, 7) is 0. The van der Waals surface area contributed by atoms with Gasteiger partial charge in [-0.1, -0.05) is 0 Å². The van der Waals surface area contributed by atoms with E-state index >= 15 is 0 Å². The quantitative estimate of drug-likeness (QED) is 0.437. The van der Waals surface area contributed by atoms with E-state index in [0.717, 1.165) is 0 Å². The lowest BCUT2D eigenvalue weighted by atomic mass is 10.4. The summed E-state index contributed by atoms with van der Waals surface area (Å²) in [5.74, 6) is 5.10. The van der Waals surface area contributed by atoms with E-state index in [4.69, 9.17) is 9.68 Å². The first-order valence-corrected chi connectivity index (χ1v) is 2.82. The molecule has 0 aliphatic rings. The third-order valence-corrected chi connectivity index (χ3v) is 0.985. The van der Waals surface area contributed by atoms with Crippen molar-refractivity contribution in [3.8, 4) is 17.9 Å². The number of nitriles is 1. The summed E-state index contributed by atoms with van der Waals surface area (Å²) in [7, 11) is 0. The molecule has 0 N–H and O–H groups in total. The second-order valence-electron chi connectivity index (χ2n) is 1.68. The van der Waals surface area contributed by atoms with Gasteiger partial charge in [-0.3, -0.25) is 4.79 Å². The fourth-order valence-electron chi connectivity index (χ4n) is 0.573. The number of nitrogens with zero attached hydrogens (tertiary/aromatic N) is 1. The fourth-order valence-corrected chi connectivity index (χ4v) is 0.573. The second kappa shape index (κ2) is 3.24. The lowest BCUT2D eigenvalue weighted by Gasteiger charge is -1.76. The molecule has 1 aromatic heterocycles. The van der Waals surface area contributed by atoms with Gasteiger partial charge in [0.15, 0.2) is 23.9 Å². The topological polar surface area (TPSA) is 54.0 Å². The Hall–Kier alpha value is -2.00. The molecule has 0 unspecified atom stereocenters. The molecule has 1 heterocycles. The maximum atomic E-state index is 10.1. The summed E-state index contributed by atoms with van der Waals surface area (Å²) < 4.78 is 4.84. The molecule has 0 saturated carbocycles. The average Bonchev–Trinajstić information content (AvgIpc) is 2.48. The van der Waals surface area contributed by atoms with Gasteiger partial charge in [0.1, 0.15) is 0 Å². The van der Waals surface area contributed by atoms with Gasteiger partial charge in [-0.2, -0.15) is 5.26 Å². The highest BCUT2D eigenvalue weighted by atomic mass is 16.3. The van der Waals surface area contributed by atoms with Crippen LogP contribution in [0.4, 0.5) is 0 Å². The van der Waals surface area contributed by atoms with Crippen molar-refractivity contribution in [1.29, 1.82) is 5.26 Å². The molecule has 0 bridgehead atoms. The van der Waals surface area contributed by atoms with Gasteiger partial charge in [0, 0.05) is 5.92 Å². The van der Waals surface area contributed by atoms with Gasteiger partial charge in [-0.15, -0.1) is 0 Å². The van der Waals surface area contributed by atoms with Crippen LogP contribution in [0.25, 0.3) is 0 Å².